The van der Waals surface area contributed by atoms with Crippen LogP contribution in [0.4, 0.5) is 5.82 Å². The maximum atomic E-state index is 10.2. The van der Waals surface area contributed by atoms with Gasteiger partial charge < -0.3 is 5.32 Å². The van der Waals surface area contributed by atoms with Crippen LogP contribution >= 0.6 is 0 Å². The second-order valence-electron chi connectivity index (χ2n) is 2.71. The highest BCUT2D eigenvalue weighted by Gasteiger charge is 1.99. The molecule has 0 aromatic carbocycles. The lowest BCUT2D eigenvalue weighted by molar-refractivity contribution is -0.105. The second-order valence-corrected chi connectivity index (χ2v) is 2.71. The van der Waals surface area contributed by atoms with Gasteiger partial charge in [0.25, 0.3) is 0 Å². The summed E-state index contributed by atoms with van der Waals surface area (Å²) in [6.45, 7) is 3.89. The van der Waals surface area contributed by atoms with Gasteiger partial charge >= 0.3 is 0 Å². The third-order valence-corrected chi connectivity index (χ3v) is 1.60. The van der Waals surface area contributed by atoms with Gasteiger partial charge in [-0.25, -0.2) is 4.98 Å². The van der Waals surface area contributed by atoms with Crippen LogP contribution in [-0.2, 0) is 4.79 Å². The molecule has 0 aliphatic heterocycles. The van der Waals surface area contributed by atoms with Crippen molar-refractivity contribution in [2.75, 3.05) is 5.32 Å². The Hall–Kier alpha value is -1.64. The third-order valence-electron chi connectivity index (χ3n) is 1.60. The van der Waals surface area contributed by atoms with Crippen molar-refractivity contribution in [1.29, 1.82) is 0 Å². The number of anilines is 1. The first-order chi connectivity index (χ1) is 6.27. The van der Waals surface area contributed by atoms with Crippen LogP contribution in [0.25, 0.3) is 6.08 Å². The van der Waals surface area contributed by atoms with E-state index in [4.69, 9.17) is 0 Å². The number of nitrogens with one attached hydrogen (secondary N) is 1. The van der Waals surface area contributed by atoms with Crippen LogP contribution in [0.5, 0.6) is 0 Å². The molecule has 0 bridgehead atoms. The quantitative estimate of drug-likeness (QED) is 0.715. The topological polar surface area (TPSA) is 42.0 Å². The van der Waals surface area contributed by atoms with Gasteiger partial charge in [0.2, 0.25) is 6.41 Å². The normalized spacial score (nSPS) is 10.3. The van der Waals surface area contributed by atoms with Crippen molar-refractivity contribution in [3.05, 3.63) is 29.5 Å². The summed E-state index contributed by atoms with van der Waals surface area (Å²) in [5, 5.41) is 2.55. The number of aromatic nitrogens is 1. The highest BCUT2D eigenvalue weighted by atomic mass is 16.1. The highest BCUT2D eigenvalue weighted by Crippen LogP contribution is 2.14. The summed E-state index contributed by atoms with van der Waals surface area (Å²) in [7, 11) is 0. The average Bonchev–Trinajstić information content (AvgIpc) is 2.10. The Bertz CT molecular complexity index is 332. The number of rotatable bonds is 3. The fourth-order valence-electron chi connectivity index (χ4n) is 1.07. The summed E-state index contributed by atoms with van der Waals surface area (Å²) in [4.78, 5) is 14.3. The van der Waals surface area contributed by atoms with Crippen LogP contribution in [0.1, 0.15) is 18.1 Å². The molecule has 0 spiro atoms. The van der Waals surface area contributed by atoms with Crippen LogP contribution in [0, 0.1) is 6.92 Å². The zero-order valence-corrected chi connectivity index (χ0v) is 7.74. The molecule has 0 atom stereocenters. The molecule has 1 N–H and O–H groups in total. The first-order valence-corrected chi connectivity index (χ1v) is 4.07. The van der Waals surface area contributed by atoms with E-state index in [1.807, 2.05) is 32.1 Å². The standard InChI is InChI=1S/C10H12N2O/c1-3-4-9-5-8(2)6-11-10(9)12-7-13/h3-7H,1-2H3,(H,11,12,13)/b4-3-. The Morgan fingerprint density at radius 3 is 2.92 bits per heavy atom. The minimum absolute atomic E-state index is 0.596. The largest absolute Gasteiger partial charge is 0.313 e. The summed E-state index contributed by atoms with van der Waals surface area (Å²) in [5.41, 5.74) is 2.00. The predicted molar refractivity (Wildman–Crippen MR) is 53.4 cm³/mol. The molecule has 1 aromatic rings. The number of aryl methyl sites for hydroxylation is 1. The minimum Gasteiger partial charge on any atom is -0.313 e. The second kappa shape index (κ2) is 4.40. The first kappa shape index (κ1) is 9.45. The summed E-state index contributed by atoms with van der Waals surface area (Å²) in [6.07, 6.45) is 6.17. The lowest BCUT2D eigenvalue weighted by Gasteiger charge is -2.03. The molecule has 0 aliphatic carbocycles. The molecule has 3 nitrogen and oxygen atoms in total. The van der Waals surface area contributed by atoms with Crippen molar-refractivity contribution >= 4 is 18.3 Å². The molecule has 0 saturated carbocycles. The first-order valence-electron chi connectivity index (χ1n) is 4.07. The molecule has 13 heavy (non-hydrogen) atoms. The number of nitrogens with zero attached hydrogens (tertiary/aromatic N) is 1. The van der Waals surface area contributed by atoms with Gasteiger partial charge in [-0.3, -0.25) is 4.79 Å². The fraction of sp³-hybridized carbons (Fsp3) is 0.200. The number of allylic oxidation sites excluding steroid dienone is 1. The van der Waals surface area contributed by atoms with Gasteiger partial charge in [-0.05, 0) is 25.5 Å². The minimum atomic E-state index is 0.596. The summed E-state index contributed by atoms with van der Waals surface area (Å²) in [6, 6.07) is 1.97. The number of amides is 1. The van der Waals surface area contributed by atoms with Crippen LogP contribution in [-0.4, -0.2) is 11.4 Å². The Kier molecular flexibility index (Phi) is 3.20. The van der Waals surface area contributed by atoms with Crippen LogP contribution < -0.4 is 5.32 Å². The number of hydrogen-bond donors (Lipinski definition) is 1. The van der Waals surface area contributed by atoms with Crippen molar-refractivity contribution in [1.82, 2.24) is 4.98 Å². The molecular formula is C10H12N2O. The monoisotopic (exact) mass is 176 g/mol. The van der Waals surface area contributed by atoms with Crippen molar-refractivity contribution in [2.24, 2.45) is 0 Å². The molecule has 0 saturated heterocycles. The lowest BCUT2D eigenvalue weighted by Crippen LogP contribution is -1.99. The zero-order valence-electron chi connectivity index (χ0n) is 7.74. The molecule has 1 aromatic heterocycles. The highest BCUT2D eigenvalue weighted by molar-refractivity contribution is 5.75. The molecule has 3 heteroatoms. The number of carbonyl (C=O) groups is 1. The molecule has 1 amide bonds. The van der Waals surface area contributed by atoms with Crippen molar-refractivity contribution in [3.63, 3.8) is 0 Å². The Morgan fingerprint density at radius 2 is 2.31 bits per heavy atom. The van der Waals surface area contributed by atoms with Gasteiger partial charge in [-0.15, -0.1) is 0 Å². The average molecular weight is 176 g/mol. The van der Waals surface area contributed by atoms with E-state index < -0.39 is 0 Å². The molecule has 68 valence electrons. The third kappa shape index (κ3) is 2.40. The molecule has 1 rings (SSSR count). The van der Waals surface area contributed by atoms with Crippen molar-refractivity contribution in [2.45, 2.75) is 13.8 Å². The van der Waals surface area contributed by atoms with Gasteiger partial charge in [-0.1, -0.05) is 12.2 Å². The van der Waals surface area contributed by atoms with E-state index in [1.165, 1.54) is 0 Å². The molecule has 0 unspecified atom stereocenters. The van der Waals surface area contributed by atoms with Gasteiger partial charge in [0, 0.05) is 11.8 Å². The van der Waals surface area contributed by atoms with Gasteiger partial charge in [-0.2, -0.15) is 0 Å². The fourth-order valence-corrected chi connectivity index (χ4v) is 1.07. The maximum absolute atomic E-state index is 10.2. The van der Waals surface area contributed by atoms with E-state index in [0.29, 0.717) is 12.2 Å². The zero-order chi connectivity index (χ0) is 9.68. The van der Waals surface area contributed by atoms with Gasteiger partial charge in [0.05, 0.1) is 0 Å². The SMILES string of the molecule is C/C=C\c1cc(C)cnc1NC=O. The van der Waals surface area contributed by atoms with Crippen LogP contribution in [0.15, 0.2) is 18.3 Å². The summed E-state index contributed by atoms with van der Waals surface area (Å²) >= 11 is 0. The Morgan fingerprint density at radius 1 is 1.54 bits per heavy atom. The van der Waals surface area contributed by atoms with E-state index in [-0.39, 0.29) is 0 Å². The number of carbonyl (C=O) groups excluding carboxylic acids is 1. The van der Waals surface area contributed by atoms with Gasteiger partial charge in [0.15, 0.2) is 0 Å². The number of pyridine rings is 1. The molecule has 0 aliphatic rings. The summed E-state index contributed by atoms with van der Waals surface area (Å²) < 4.78 is 0. The van der Waals surface area contributed by atoms with E-state index in [9.17, 15) is 4.79 Å². The smallest absolute Gasteiger partial charge is 0.212 e. The molecule has 1 heterocycles. The van der Waals surface area contributed by atoms with E-state index in [0.717, 1.165) is 11.1 Å². The van der Waals surface area contributed by atoms with E-state index >= 15 is 0 Å². The van der Waals surface area contributed by atoms with Crippen LogP contribution in [0.2, 0.25) is 0 Å². The molecular weight excluding hydrogens is 164 g/mol. The van der Waals surface area contributed by atoms with E-state index in [1.54, 1.807) is 6.20 Å². The lowest BCUT2D eigenvalue weighted by atomic mass is 10.2. The summed E-state index contributed by atoms with van der Waals surface area (Å²) in [5.74, 6) is 0.596. The van der Waals surface area contributed by atoms with E-state index in [2.05, 4.69) is 10.3 Å². The number of hydrogen-bond acceptors (Lipinski definition) is 2. The van der Waals surface area contributed by atoms with Gasteiger partial charge in [0.1, 0.15) is 5.82 Å². The molecule has 0 fully saturated rings. The Balaban J connectivity index is 3.09. The Labute approximate surface area is 77.5 Å². The predicted octanol–water partition coefficient (Wildman–Crippen LogP) is 1.99. The van der Waals surface area contributed by atoms with Crippen LogP contribution in [0.3, 0.4) is 0 Å². The maximum Gasteiger partial charge on any atom is 0.212 e. The van der Waals surface area contributed by atoms with Crippen molar-refractivity contribution in [3.8, 4) is 0 Å². The molecule has 0 radical (unpaired) electrons. The van der Waals surface area contributed by atoms with Crippen molar-refractivity contribution < 1.29 is 4.79 Å².